The van der Waals surface area contributed by atoms with Crippen LogP contribution in [0.25, 0.3) is 0 Å². The molecule has 12 heteroatoms. The molecule has 0 aliphatic carbocycles. The van der Waals surface area contributed by atoms with Crippen LogP contribution in [0.5, 0.6) is 0 Å². The van der Waals surface area contributed by atoms with E-state index in [0.717, 1.165) is 82.0 Å². The lowest BCUT2D eigenvalue weighted by molar-refractivity contribution is -0.136. The number of hydrogen-bond donors (Lipinski definition) is 4. The van der Waals surface area contributed by atoms with E-state index < -0.39 is 23.8 Å². The van der Waals surface area contributed by atoms with Crippen LogP contribution in [-0.4, -0.2) is 91.2 Å². The first kappa shape index (κ1) is 35.0. The fourth-order valence-electron chi connectivity index (χ4n) is 6.61. The number of anilines is 2. The molecule has 258 valence electrons. The number of hydrogen-bond acceptors (Lipinski definition) is 9. The Kier molecular flexibility index (Phi) is 12.6. The Balaban J connectivity index is 0.959. The van der Waals surface area contributed by atoms with Crippen molar-refractivity contribution < 1.29 is 24.0 Å². The number of hydrazine groups is 1. The van der Waals surface area contributed by atoms with Crippen LogP contribution in [0.2, 0.25) is 0 Å². The molecule has 2 saturated heterocycles. The van der Waals surface area contributed by atoms with Crippen LogP contribution < -0.4 is 26.4 Å². The molecule has 0 bridgehead atoms. The van der Waals surface area contributed by atoms with Gasteiger partial charge >= 0.3 is 0 Å². The highest BCUT2D eigenvalue weighted by Crippen LogP contribution is 2.32. The van der Waals surface area contributed by atoms with Crippen molar-refractivity contribution in [1.29, 1.82) is 0 Å². The van der Waals surface area contributed by atoms with E-state index in [1.54, 1.807) is 18.2 Å². The molecule has 2 aromatic carbocycles. The third kappa shape index (κ3) is 8.78. The molecule has 1 unspecified atom stereocenters. The number of nitrogens with one attached hydrogen (secondary N) is 4. The number of rotatable bonds is 17. The van der Waals surface area contributed by atoms with Gasteiger partial charge in [0.05, 0.1) is 11.1 Å². The summed E-state index contributed by atoms with van der Waals surface area (Å²) >= 11 is 0. The molecular weight excluding hydrogens is 610 g/mol. The summed E-state index contributed by atoms with van der Waals surface area (Å²) in [5.41, 5.74) is 8.80. The van der Waals surface area contributed by atoms with Crippen molar-refractivity contribution in [3.8, 4) is 0 Å². The highest BCUT2D eigenvalue weighted by Gasteiger charge is 2.45. The predicted octanol–water partition coefficient (Wildman–Crippen LogP) is 3.70. The Bertz CT molecular complexity index is 1460. The number of fused-ring (bicyclic) bond motifs is 1. The van der Waals surface area contributed by atoms with Crippen molar-refractivity contribution in [2.45, 2.75) is 77.2 Å². The average molecular weight is 660 g/mol. The first-order valence-electron chi connectivity index (χ1n) is 17.6. The molecule has 5 amide bonds. The van der Waals surface area contributed by atoms with E-state index in [1.165, 1.54) is 19.3 Å². The second kappa shape index (κ2) is 17.2. The molecular formula is C36H49N7O5. The van der Waals surface area contributed by atoms with Crippen molar-refractivity contribution in [2.75, 3.05) is 56.0 Å². The summed E-state index contributed by atoms with van der Waals surface area (Å²) in [6, 6.07) is 12.0. The molecule has 5 rings (SSSR count). The minimum absolute atomic E-state index is 0.0969. The van der Waals surface area contributed by atoms with Gasteiger partial charge in [-0.25, -0.2) is 5.43 Å². The van der Waals surface area contributed by atoms with E-state index >= 15 is 0 Å². The lowest BCUT2D eigenvalue weighted by atomic mass is 10.0. The van der Waals surface area contributed by atoms with Gasteiger partial charge in [-0.15, -0.1) is 0 Å². The number of unbranched alkanes of at least 4 members (excludes halogenated alkanes) is 6. The summed E-state index contributed by atoms with van der Waals surface area (Å²) < 4.78 is 0. The van der Waals surface area contributed by atoms with Crippen molar-refractivity contribution in [3.63, 3.8) is 0 Å². The Morgan fingerprint density at radius 1 is 0.833 bits per heavy atom. The predicted molar refractivity (Wildman–Crippen MR) is 185 cm³/mol. The normalized spacial score (nSPS) is 18.2. The molecule has 3 aliphatic rings. The van der Waals surface area contributed by atoms with Crippen molar-refractivity contribution >= 4 is 40.9 Å². The minimum atomic E-state index is -0.968. The van der Waals surface area contributed by atoms with Gasteiger partial charge in [-0.1, -0.05) is 45.1 Å². The largest absolute Gasteiger partial charge is 0.384 e. The summed E-state index contributed by atoms with van der Waals surface area (Å²) in [4.78, 5) is 68.5. The zero-order chi connectivity index (χ0) is 33.9. The van der Waals surface area contributed by atoms with Crippen LogP contribution in [0.3, 0.4) is 0 Å². The van der Waals surface area contributed by atoms with E-state index in [0.29, 0.717) is 23.4 Å². The average Bonchev–Trinajstić information content (AvgIpc) is 3.35. The molecule has 12 nitrogen and oxygen atoms in total. The quantitative estimate of drug-likeness (QED) is 0.114. The maximum atomic E-state index is 13.3. The Morgan fingerprint density at radius 3 is 2.31 bits per heavy atom. The zero-order valence-electron chi connectivity index (χ0n) is 28.0. The Hall–Kier alpha value is -4.29. The molecule has 2 aromatic rings. The Labute approximate surface area is 282 Å². The summed E-state index contributed by atoms with van der Waals surface area (Å²) in [5.74, 6) is -2.08. The van der Waals surface area contributed by atoms with Crippen LogP contribution >= 0.6 is 0 Å². The number of nitrogens with zero attached hydrogens (tertiary/aromatic N) is 3. The number of piperidine rings is 1. The van der Waals surface area contributed by atoms with E-state index in [4.69, 9.17) is 0 Å². The van der Waals surface area contributed by atoms with Gasteiger partial charge < -0.3 is 10.2 Å². The van der Waals surface area contributed by atoms with Gasteiger partial charge in [-0.05, 0) is 68.6 Å². The first-order valence-corrected chi connectivity index (χ1v) is 17.6. The van der Waals surface area contributed by atoms with E-state index in [-0.39, 0.29) is 30.2 Å². The number of benzene rings is 2. The lowest BCUT2D eigenvalue weighted by Crippen LogP contribution is -2.54. The third-order valence-electron chi connectivity index (χ3n) is 9.41. The van der Waals surface area contributed by atoms with Crippen LogP contribution in [0, 0.1) is 0 Å². The molecule has 0 radical (unpaired) electrons. The van der Waals surface area contributed by atoms with E-state index in [1.807, 2.05) is 24.3 Å². The minimum Gasteiger partial charge on any atom is -0.384 e. The van der Waals surface area contributed by atoms with Gasteiger partial charge in [-0.3, -0.25) is 44.5 Å². The van der Waals surface area contributed by atoms with Crippen LogP contribution in [-0.2, 0) is 9.59 Å². The lowest BCUT2D eigenvalue weighted by Gasteiger charge is -2.36. The van der Waals surface area contributed by atoms with Crippen molar-refractivity contribution in [2.24, 2.45) is 0 Å². The van der Waals surface area contributed by atoms with E-state index in [2.05, 4.69) is 38.2 Å². The molecule has 0 spiro atoms. The van der Waals surface area contributed by atoms with Gasteiger partial charge in [0.25, 0.3) is 17.7 Å². The molecule has 3 aliphatic heterocycles. The second-order valence-corrected chi connectivity index (χ2v) is 12.8. The topological polar surface area (TPSA) is 143 Å². The van der Waals surface area contributed by atoms with Gasteiger partial charge in [0, 0.05) is 62.6 Å². The SMILES string of the molecule is CCCCCCNNC(=O)c1ccc(N2CCN(CCCCCCNc3cccc4c3C(=O)N(C3CCC(=O)NC3=O)C4=O)CC2)cc1. The molecule has 1 atom stereocenters. The number of carbonyl (C=O) groups excluding carboxylic acids is 5. The summed E-state index contributed by atoms with van der Waals surface area (Å²) in [7, 11) is 0. The standard InChI is InChI=1S/C36H49N7O5/c1-2-3-4-8-20-38-40-33(45)26-13-15-27(16-14-26)42-24-22-41(23-25-42)21-9-6-5-7-19-37-29-12-10-11-28-32(29)36(48)43(35(28)47)30-17-18-31(44)39-34(30)46/h10-16,30,37-38H,2-9,17-25H2,1H3,(H,40,45)(H,39,44,46). The second-order valence-electron chi connectivity index (χ2n) is 12.8. The monoisotopic (exact) mass is 659 g/mol. The van der Waals surface area contributed by atoms with E-state index in [9.17, 15) is 24.0 Å². The molecule has 2 fully saturated rings. The van der Waals surface area contributed by atoms with Crippen molar-refractivity contribution in [3.05, 3.63) is 59.2 Å². The zero-order valence-corrected chi connectivity index (χ0v) is 28.0. The number of imide groups is 2. The van der Waals surface area contributed by atoms with Gasteiger partial charge in [0.15, 0.2) is 0 Å². The van der Waals surface area contributed by atoms with Crippen LogP contribution in [0.15, 0.2) is 42.5 Å². The number of piperazine rings is 1. The summed E-state index contributed by atoms with van der Waals surface area (Å²) in [6.45, 7) is 8.63. The van der Waals surface area contributed by atoms with Gasteiger partial charge in [-0.2, -0.15) is 0 Å². The van der Waals surface area contributed by atoms with Gasteiger partial charge in [0.1, 0.15) is 6.04 Å². The van der Waals surface area contributed by atoms with Crippen LogP contribution in [0.4, 0.5) is 11.4 Å². The smallest absolute Gasteiger partial charge is 0.265 e. The summed E-state index contributed by atoms with van der Waals surface area (Å²) in [6.07, 6.45) is 9.08. The highest BCUT2D eigenvalue weighted by molar-refractivity contribution is 6.25. The maximum absolute atomic E-state index is 13.3. The first-order chi connectivity index (χ1) is 23.4. The number of amides is 5. The molecule has 3 heterocycles. The maximum Gasteiger partial charge on any atom is 0.265 e. The fourth-order valence-corrected chi connectivity index (χ4v) is 6.61. The highest BCUT2D eigenvalue weighted by atomic mass is 16.2. The molecule has 4 N–H and O–H groups in total. The van der Waals surface area contributed by atoms with Crippen LogP contribution in [0.1, 0.15) is 102 Å². The molecule has 0 saturated carbocycles. The fraction of sp³-hybridized carbons (Fsp3) is 0.528. The molecule has 0 aromatic heterocycles. The van der Waals surface area contributed by atoms with Crippen molar-refractivity contribution in [1.82, 2.24) is 26.0 Å². The van der Waals surface area contributed by atoms with Gasteiger partial charge in [0.2, 0.25) is 11.8 Å². The summed E-state index contributed by atoms with van der Waals surface area (Å²) in [5, 5.41) is 5.56. The third-order valence-corrected chi connectivity index (χ3v) is 9.41. The Morgan fingerprint density at radius 2 is 1.56 bits per heavy atom. The number of carbonyl (C=O) groups is 5. The molecule has 48 heavy (non-hydrogen) atoms.